The van der Waals surface area contributed by atoms with Crippen LogP contribution in [0.1, 0.15) is 55.0 Å². The van der Waals surface area contributed by atoms with Crippen molar-refractivity contribution in [3.8, 4) is 0 Å². The lowest BCUT2D eigenvalue weighted by Gasteiger charge is -2.27. The number of thiazole rings is 1. The van der Waals surface area contributed by atoms with Crippen LogP contribution in [-0.4, -0.2) is 18.6 Å². The smallest absolute Gasteiger partial charge is 0.122 e. The van der Waals surface area contributed by atoms with E-state index in [9.17, 15) is 0 Å². The van der Waals surface area contributed by atoms with E-state index in [1.807, 2.05) is 13.3 Å². The van der Waals surface area contributed by atoms with E-state index in [2.05, 4.69) is 17.2 Å². The summed E-state index contributed by atoms with van der Waals surface area (Å²) < 4.78 is 5.72. The van der Waals surface area contributed by atoms with Crippen molar-refractivity contribution in [1.82, 2.24) is 10.3 Å². The van der Waals surface area contributed by atoms with Crippen LogP contribution in [-0.2, 0) is 11.3 Å². The predicted octanol–water partition coefficient (Wildman–Crippen LogP) is 3.52. The van der Waals surface area contributed by atoms with Gasteiger partial charge in [-0.05, 0) is 25.3 Å². The fourth-order valence-electron chi connectivity index (χ4n) is 2.72. The van der Waals surface area contributed by atoms with Gasteiger partial charge < -0.3 is 10.1 Å². The standard InChI is InChI=1S/C14H24N2OS/c1-3-15-9-12-10-16-14(18-12)13(17-2)11-7-5-4-6-8-11/h10-11,13,15H,3-9H2,1-2H3. The van der Waals surface area contributed by atoms with Gasteiger partial charge >= 0.3 is 0 Å². The van der Waals surface area contributed by atoms with Gasteiger partial charge in [-0.25, -0.2) is 4.98 Å². The maximum Gasteiger partial charge on any atom is 0.122 e. The number of ether oxygens (including phenoxy) is 1. The van der Waals surface area contributed by atoms with Crippen molar-refractivity contribution < 1.29 is 4.74 Å². The van der Waals surface area contributed by atoms with Gasteiger partial charge in [0.15, 0.2) is 0 Å². The molecule has 18 heavy (non-hydrogen) atoms. The highest BCUT2D eigenvalue weighted by Gasteiger charge is 2.27. The Morgan fingerprint density at radius 2 is 2.22 bits per heavy atom. The minimum Gasteiger partial charge on any atom is -0.374 e. The molecule has 1 N–H and O–H groups in total. The molecule has 4 heteroatoms. The Morgan fingerprint density at radius 3 is 2.89 bits per heavy atom. The van der Waals surface area contributed by atoms with Crippen LogP contribution < -0.4 is 5.32 Å². The monoisotopic (exact) mass is 268 g/mol. The quantitative estimate of drug-likeness (QED) is 0.857. The van der Waals surface area contributed by atoms with Gasteiger partial charge in [0, 0.05) is 24.7 Å². The lowest BCUT2D eigenvalue weighted by Crippen LogP contribution is -2.17. The summed E-state index contributed by atoms with van der Waals surface area (Å²) in [5.41, 5.74) is 0. The third-order valence-electron chi connectivity index (χ3n) is 3.70. The summed E-state index contributed by atoms with van der Waals surface area (Å²) in [7, 11) is 1.82. The van der Waals surface area contributed by atoms with Gasteiger partial charge in [0.05, 0.1) is 0 Å². The molecule has 1 aromatic rings. The number of hydrogen-bond acceptors (Lipinski definition) is 4. The van der Waals surface area contributed by atoms with Crippen molar-refractivity contribution in [1.29, 1.82) is 0 Å². The SMILES string of the molecule is CCNCc1cnc(C(OC)C2CCCCC2)s1. The van der Waals surface area contributed by atoms with Crippen LogP contribution in [0.2, 0.25) is 0 Å². The molecule has 1 fully saturated rings. The molecular formula is C14H24N2OS. The van der Waals surface area contributed by atoms with E-state index in [4.69, 9.17) is 4.74 Å². The Hall–Kier alpha value is -0.450. The first-order valence-electron chi connectivity index (χ1n) is 7.03. The molecule has 0 bridgehead atoms. The number of nitrogens with zero attached hydrogens (tertiary/aromatic N) is 1. The van der Waals surface area contributed by atoms with Crippen LogP contribution in [0.15, 0.2) is 6.20 Å². The summed E-state index contributed by atoms with van der Waals surface area (Å²) in [5.74, 6) is 0.668. The summed E-state index contributed by atoms with van der Waals surface area (Å²) in [6.07, 6.45) is 8.88. The maximum atomic E-state index is 5.72. The molecule has 0 amide bonds. The Bertz CT molecular complexity index is 347. The fourth-order valence-corrected chi connectivity index (χ4v) is 3.77. The van der Waals surface area contributed by atoms with E-state index in [1.54, 1.807) is 11.3 Å². The van der Waals surface area contributed by atoms with Gasteiger partial charge in [-0.3, -0.25) is 0 Å². The van der Waals surface area contributed by atoms with Gasteiger partial charge in [-0.2, -0.15) is 0 Å². The first-order chi connectivity index (χ1) is 8.85. The molecule has 1 aromatic heterocycles. The van der Waals surface area contributed by atoms with Crippen molar-refractivity contribution in [3.63, 3.8) is 0 Å². The highest BCUT2D eigenvalue weighted by molar-refractivity contribution is 7.11. The summed E-state index contributed by atoms with van der Waals surface area (Å²) in [6, 6.07) is 0. The summed E-state index contributed by atoms with van der Waals surface area (Å²) in [6.45, 7) is 4.06. The van der Waals surface area contributed by atoms with Crippen molar-refractivity contribution in [2.45, 2.75) is 51.7 Å². The van der Waals surface area contributed by atoms with Crippen LogP contribution >= 0.6 is 11.3 Å². The Labute approximate surface area is 114 Å². The Balaban J connectivity index is 1.99. The average molecular weight is 268 g/mol. The van der Waals surface area contributed by atoms with Crippen LogP contribution in [0.5, 0.6) is 0 Å². The van der Waals surface area contributed by atoms with Crippen molar-refractivity contribution in [2.75, 3.05) is 13.7 Å². The highest BCUT2D eigenvalue weighted by Crippen LogP contribution is 2.37. The zero-order valence-corrected chi connectivity index (χ0v) is 12.3. The average Bonchev–Trinajstić information content (AvgIpc) is 2.87. The van der Waals surface area contributed by atoms with E-state index < -0.39 is 0 Å². The number of methoxy groups -OCH3 is 1. The number of rotatable bonds is 6. The number of nitrogens with one attached hydrogen (secondary N) is 1. The third kappa shape index (κ3) is 3.53. The van der Waals surface area contributed by atoms with Crippen LogP contribution in [0.4, 0.5) is 0 Å². The lowest BCUT2D eigenvalue weighted by molar-refractivity contribution is 0.0352. The molecule has 1 aliphatic rings. The van der Waals surface area contributed by atoms with E-state index in [1.165, 1.54) is 37.0 Å². The molecule has 102 valence electrons. The minimum atomic E-state index is 0.214. The lowest BCUT2D eigenvalue weighted by atomic mass is 9.85. The van der Waals surface area contributed by atoms with Gasteiger partial charge in [-0.1, -0.05) is 26.2 Å². The molecular weight excluding hydrogens is 244 g/mol. The van der Waals surface area contributed by atoms with Gasteiger partial charge in [0.2, 0.25) is 0 Å². The predicted molar refractivity (Wildman–Crippen MR) is 75.8 cm³/mol. The molecule has 0 spiro atoms. The van der Waals surface area contributed by atoms with E-state index in [0.717, 1.165) is 18.1 Å². The maximum absolute atomic E-state index is 5.72. The second-order valence-corrected chi connectivity index (χ2v) is 6.15. The van der Waals surface area contributed by atoms with Crippen molar-refractivity contribution >= 4 is 11.3 Å². The molecule has 0 radical (unpaired) electrons. The number of aromatic nitrogens is 1. The Kier molecular flexibility index (Phi) is 5.60. The molecule has 0 aliphatic heterocycles. The molecule has 1 aliphatic carbocycles. The third-order valence-corrected chi connectivity index (χ3v) is 4.75. The molecule has 1 saturated carbocycles. The van der Waals surface area contributed by atoms with Gasteiger partial charge in [-0.15, -0.1) is 11.3 Å². The minimum absolute atomic E-state index is 0.214. The molecule has 1 atom stereocenters. The number of hydrogen-bond donors (Lipinski definition) is 1. The second kappa shape index (κ2) is 7.22. The van der Waals surface area contributed by atoms with Gasteiger partial charge in [0.1, 0.15) is 11.1 Å². The fraction of sp³-hybridized carbons (Fsp3) is 0.786. The zero-order valence-electron chi connectivity index (χ0n) is 11.4. The van der Waals surface area contributed by atoms with E-state index in [0.29, 0.717) is 5.92 Å². The van der Waals surface area contributed by atoms with Crippen molar-refractivity contribution in [3.05, 3.63) is 16.1 Å². The van der Waals surface area contributed by atoms with E-state index in [-0.39, 0.29) is 6.10 Å². The Morgan fingerprint density at radius 1 is 1.44 bits per heavy atom. The van der Waals surface area contributed by atoms with Crippen LogP contribution in [0.25, 0.3) is 0 Å². The molecule has 1 unspecified atom stereocenters. The molecule has 0 aromatic carbocycles. The topological polar surface area (TPSA) is 34.2 Å². The first-order valence-corrected chi connectivity index (χ1v) is 7.85. The largest absolute Gasteiger partial charge is 0.374 e. The van der Waals surface area contributed by atoms with Crippen LogP contribution in [0, 0.1) is 5.92 Å². The second-order valence-electron chi connectivity index (χ2n) is 5.00. The molecule has 3 nitrogen and oxygen atoms in total. The summed E-state index contributed by atoms with van der Waals surface area (Å²) in [4.78, 5) is 5.88. The first kappa shape index (κ1) is 14.0. The summed E-state index contributed by atoms with van der Waals surface area (Å²) in [5, 5.41) is 4.51. The summed E-state index contributed by atoms with van der Waals surface area (Å²) >= 11 is 1.80. The van der Waals surface area contributed by atoms with Crippen molar-refractivity contribution in [2.24, 2.45) is 5.92 Å². The van der Waals surface area contributed by atoms with E-state index >= 15 is 0 Å². The molecule has 0 saturated heterocycles. The van der Waals surface area contributed by atoms with Gasteiger partial charge in [0.25, 0.3) is 0 Å². The molecule has 2 rings (SSSR count). The molecule has 1 heterocycles. The zero-order chi connectivity index (χ0) is 12.8. The van der Waals surface area contributed by atoms with Crippen LogP contribution in [0.3, 0.4) is 0 Å². The normalized spacial score (nSPS) is 19.0. The highest BCUT2D eigenvalue weighted by atomic mass is 32.1.